The van der Waals surface area contributed by atoms with Crippen molar-refractivity contribution in [3.8, 4) is 0 Å². The van der Waals surface area contributed by atoms with E-state index in [9.17, 15) is 31.5 Å². The van der Waals surface area contributed by atoms with Crippen LogP contribution < -0.4 is 0 Å². The summed E-state index contributed by atoms with van der Waals surface area (Å²) in [7, 11) is -3.46. The van der Waals surface area contributed by atoms with E-state index in [0.717, 1.165) is 0 Å². The molecule has 29 heavy (non-hydrogen) atoms. The second kappa shape index (κ2) is 9.57. The summed E-state index contributed by atoms with van der Waals surface area (Å²) < 4.78 is 54.1. The van der Waals surface area contributed by atoms with E-state index in [0.29, 0.717) is 0 Å². The van der Waals surface area contributed by atoms with Gasteiger partial charge in [-0.3, -0.25) is 9.59 Å². The van der Waals surface area contributed by atoms with E-state index in [1.165, 1.54) is 27.2 Å². The summed E-state index contributed by atoms with van der Waals surface area (Å²) in [5.41, 5.74) is -1.83. The highest BCUT2D eigenvalue weighted by atomic mass is 32.2. The molecule has 1 unspecified atom stereocenters. The normalized spacial score (nSPS) is 24.7. The molecule has 0 radical (unpaired) electrons. The molecule has 0 bridgehead atoms. The van der Waals surface area contributed by atoms with Crippen molar-refractivity contribution < 1.29 is 41.0 Å². The van der Waals surface area contributed by atoms with E-state index in [-0.39, 0.29) is 54.7 Å². The Balaban J connectivity index is 0.000000291. The first-order chi connectivity index (χ1) is 13.3. The average molecular weight is 455 g/mol. The number of carbonyl (C=O) groups is 2. The Kier molecular flexibility index (Phi) is 8.44. The first-order valence-electron chi connectivity index (χ1n) is 9.19. The monoisotopic (exact) mass is 454 g/mol. The van der Waals surface area contributed by atoms with Crippen molar-refractivity contribution in [2.24, 2.45) is 10.8 Å². The molecule has 1 N–H and O–H groups in total. The maximum absolute atomic E-state index is 11.6. The summed E-state index contributed by atoms with van der Waals surface area (Å²) >= 11 is 0. The molecule has 11 heteroatoms. The van der Waals surface area contributed by atoms with Crippen LogP contribution in [0.15, 0.2) is 12.7 Å². The fourth-order valence-electron chi connectivity index (χ4n) is 3.50. The van der Waals surface area contributed by atoms with Crippen LogP contribution in [0.4, 0.5) is 0 Å². The van der Waals surface area contributed by atoms with Crippen molar-refractivity contribution in [1.29, 1.82) is 0 Å². The number of aliphatic hydroxyl groups excluding tert-OH is 1. The van der Waals surface area contributed by atoms with Gasteiger partial charge in [-0.15, -0.1) is 6.58 Å². The largest absolute Gasteiger partial charge is 0.469 e. The van der Waals surface area contributed by atoms with Gasteiger partial charge in [-0.05, 0) is 32.6 Å². The molecule has 0 amide bonds. The maximum Gasteiger partial charge on any atom is 0.315 e. The third-order valence-corrected chi connectivity index (χ3v) is 9.12. The van der Waals surface area contributed by atoms with Crippen molar-refractivity contribution in [2.75, 3.05) is 37.2 Å². The number of rotatable bonds is 4. The van der Waals surface area contributed by atoms with E-state index >= 15 is 0 Å². The molecule has 1 atom stereocenters. The Bertz CT molecular complexity index is 797. The molecular weight excluding hydrogens is 424 g/mol. The van der Waals surface area contributed by atoms with Crippen molar-refractivity contribution in [3.05, 3.63) is 12.7 Å². The third kappa shape index (κ3) is 6.02. The Hall–Kier alpha value is -1.46. The first kappa shape index (κ1) is 25.6. The molecule has 0 aromatic rings. The molecule has 2 fully saturated rings. The van der Waals surface area contributed by atoms with Crippen LogP contribution in [-0.4, -0.2) is 77.2 Å². The lowest BCUT2D eigenvalue weighted by atomic mass is 9.77. The molecule has 2 saturated heterocycles. The number of carbonyl (C=O) groups excluding carboxylic acids is 2. The van der Waals surface area contributed by atoms with Gasteiger partial charge < -0.3 is 14.6 Å². The Labute approximate surface area is 172 Å². The van der Waals surface area contributed by atoms with Gasteiger partial charge in [-0.2, -0.15) is 0 Å². The fraction of sp³-hybridized carbons (Fsp3) is 0.778. The topological polar surface area (TPSA) is 141 Å². The zero-order valence-electron chi connectivity index (χ0n) is 17.0. The quantitative estimate of drug-likeness (QED) is 0.468. The number of hydrogen-bond donors (Lipinski definition) is 1. The van der Waals surface area contributed by atoms with Crippen LogP contribution in [0.5, 0.6) is 0 Å². The molecule has 168 valence electrons. The van der Waals surface area contributed by atoms with Gasteiger partial charge in [0.2, 0.25) is 0 Å². The van der Waals surface area contributed by atoms with Crippen molar-refractivity contribution in [3.63, 3.8) is 0 Å². The maximum atomic E-state index is 11.6. The molecular formula is C18H30O9S2. The number of esters is 2. The van der Waals surface area contributed by atoms with Gasteiger partial charge in [0.05, 0.1) is 54.2 Å². The summed E-state index contributed by atoms with van der Waals surface area (Å²) in [5, 5.41) is 9.60. The molecule has 2 aliphatic rings. The standard InChI is InChI=1S/C9H16O5S.C9H14O4S/c1-7(10)9(8(11)14-2)3-5-15(12,13)6-4-9;1-3-9(8(10)13-2)4-6-14(11,12)7-5-9/h7,10H,3-6H2,1-2H3;3H,1,4-7H2,2H3. The molecule has 0 aliphatic carbocycles. The Morgan fingerprint density at radius 3 is 1.59 bits per heavy atom. The predicted molar refractivity (Wildman–Crippen MR) is 107 cm³/mol. The molecule has 9 nitrogen and oxygen atoms in total. The molecule has 0 spiro atoms. The SMILES string of the molecule is C=CC1(C(=O)OC)CCS(=O)(=O)CC1.COC(=O)C1(C(C)O)CCS(=O)(=O)CC1. The predicted octanol–water partition coefficient (Wildman–Crippen LogP) is 0.276. The number of aliphatic hydroxyl groups is 1. The van der Waals surface area contributed by atoms with Crippen molar-refractivity contribution >= 4 is 31.6 Å². The van der Waals surface area contributed by atoms with Crippen LogP contribution >= 0.6 is 0 Å². The van der Waals surface area contributed by atoms with E-state index in [1.807, 2.05) is 0 Å². The summed E-state index contributed by atoms with van der Waals surface area (Å²) in [6.07, 6.45) is 1.46. The van der Waals surface area contributed by atoms with Gasteiger partial charge in [-0.1, -0.05) is 6.08 Å². The fourth-order valence-corrected chi connectivity index (χ4v) is 6.60. The van der Waals surface area contributed by atoms with Crippen LogP contribution in [0.25, 0.3) is 0 Å². The summed E-state index contributed by atoms with van der Waals surface area (Å²) in [6, 6.07) is 0. The highest BCUT2D eigenvalue weighted by Crippen LogP contribution is 2.37. The smallest absolute Gasteiger partial charge is 0.315 e. The van der Waals surface area contributed by atoms with Gasteiger partial charge in [-0.25, -0.2) is 16.8 Å². The second-order valence-electron chi connectivity index (χ2n) is 7.48. The minimum absolute atomic E-state index is 0.0358. The van der Waals surface area contributed by atoms with E-state index in [4.69, 9.17) is 0 Å². The zero-order chi connectivity index (χ0) is 22.5. The summed E-state index contributed by atoms with van der Waals surface area (Å²) in [6.45, 7) is 5.07. The van der Waals surface area contributed by atoms with Crippen LogP contribution in [-0.2, 0) is 38.7 Å². The molecule has 0 aromatic heterocycles. The Morgan fingerprint density at radius 2 is 1.28 bits per heavy atom. The zero-order valence-corrected chi connectivity index (χ0v) is 18.7. The molecule has 0 aromatic carbocycles. The van der Waals surface area contributed by atoms with Gasteiger partial charge in [0, 0.05) is 0 Å². The van der Waals surface area contributed by atoms with Gasteiger partial charge in [0.15, 0.2) is 0 Å². The number of ether oxygens (including phenoxy) is 2. The molecule has 0 saturated carbocycles. The lowest BCUT2D eigenvalue weighted by Crippen LogP contribution is -2.47. The van der Waals surface area contributed by atoms with Crippen LogP contribution in [0.2, 0.25) is 0 Å². The lowest BCUT2D eigenvalue weighted by Gasteiger charge is -2.36. The van der Waals surface area contributed by atoms with Gasteiger partial charge >= 0.3 is 11.9 Å². The second-order valence-corrected chi connectivity index (χ2v) is 12.1. The minimum Gasteiger partial charge on any atom is -0.469 e. The highest BCUT2D eigenvalue weighted by molar-refractivity contribution is 7.91. The van der Waals surface area contributed by atoms with Gasteiger partial charge in [0.25, 0.3) is 0 Å². The van der Waals surface area contributed by atoms with Crippen LogP contribution in [0.1, 0.15) is 32.6 Å². The minimum atomic E-state index is -3.05. The first-order valence-corrected chi connectivity index (χ1v) is 12.8. The number of sulfone groups is 2. The highest BCUT2D eigenvalue weighted by Gasteiger charge is 2.48. The van der Waals surface area contributed by atoms with E-state index in [2.05, 4.69) is 16.1 Å². The van der Waals surface area contributed by atoms with Crippen LogP contribution in [0, 0.1) is 10.8 Å². The number of methoxy groups -OCH3 is 2. The van der Waals surface area contributed by atoms with E-state index in [1.54, 1.807) is 0 Å². The summed E-state index contributed by atoms with van der Waals surface area (Å²) in [5.74, 6) is -0.961. The Morgan fingerprint density at radius 1 is 0.897 bits per heavy atom. The summed E-state index contributed by atoms with van der Waals surface area (Å²) in [4.78, 5) is 23.0. The third-order valence-electron chi connectivity index (χ3n) is 5.81. The lowest BCUT2D eigenvalue weighted by molar-refractivity contribution is -0.160. The molecule has 2 aliphatic heterocycles. The van der Waals surface area contributed by atoms with E-state index < -0.39 is 42.6 Å². The number of hydrogen-bond acceptors (Lipinski definition) is 9. The molecule has 2 rings (SSSR count). The van der Waals surface area contributed by atoms with Crippen molar-refractivity contribution in [1.82, 2.24) is 0 Å². The van der Waals surface area contributed by atoms with Crippen LogP contribution in [0.3, 0.4) is 0 Å². The molecule has 2 heterocycles. The van der Waals surface area contributed by atoms with Gasteiger partial charge in [0.1, 0.15) is 19.7 Å². The average Bonchev–Trinajstić information content (AvgIpc) is 2.68. The van der Waals surface area contributed by atoms with Crippen molar-refractivity contribution in [2.45, 2.75) is 38.7 Å².